The lowest BCUT2D eigenvalue weighted by Gasteiger charge is -2.21. The molecule has 3 aromatic rings. The van der Waals surface area contributed by atoms with E-state index in [1.54, 1.807) is 0 Å². The van der Waals surface area contributed by atoms with Crippen LogP contribution in [0.2, 0.25) is 5.02 Å². The molecule has 128 valence electrons. The molecule has 0 saturated carbocycles. The zero-order valence-electron chi connectivity index (χ0n) is 13.2. The summed E-state index contributed by atoms with van der Waals surface area (Å²) in [7, 11) is 1.93. The highest BCUT2D eigenvalue weighted by molar-refractivity contribution is 7.15. The van der Waals surface area contributed by atoms with Gasteiger partial charge in [-0.1, -0.05) is 23.7 Å². The first kappa shape index (κ1) is 18.7. The normalized spacial score (nSPS) is 10.8. The molecule has 0 atom stereocenters. The molecule has 24 heavy (non-hydrogen) atoms. The summed E-state index contributed by atoms with van der Waals surface area (Å²) in [6.45, 7) is 2.44. The van der Waals surface area contributed by atoms with Crippen molar-refractivity contribution in [2.24, 2.45) is 7.05 Å². The third-order valence-electron chi connectivity index (χ3n) is 3.43. The zero-order valence-corrected chi connectivity index (χ0v) is 15.6. The number of anilines is 1. The summed E-state index contributed by atoms with van der Waals surface area (Å²) in [5.41, 5.74) is 8.14. The number of nitrogen functional groups attached to an aromatic ring is 1. The number of nitrogens with two attached hydrogens (primary N) is 1. The van der Waals surface area contributed by atoms with Gasteiger partial charge in [0.1, 0.15) is 0 Å². The Hall–Kier alpha value is -1.60. The minimum atomic E-state index is 0. The molecule has 5 nitrogen and oxygen atoms in total. The third-order valence-corrected chi connectivity index (χ3v) is 4.50. The van der Waals surface area contributed by atoms with Gasteiger partial charge in [0.2, 0.25) is 0 Å². The van der Waals surface area contributed by atoms with E-state index in [4.69, 9.17) is 17.3 Å². The highest BCUT2D eigenvalue weighted by Gasteiger charge is 2.11. The van der Waals surface area contributed by atoms with Crippen LogP contribution >= 0.6 is 35.3 Å². The molecule has 0 spiro atoms. The fraction of sp³-hybridized carbons (Fsp3) is 0.250. The van der Waals surface area contributed by atoms with E-state index in [0.29, 0.717) is 5.13 Å². The van der Waals surface area contributed by atoms with E-state index < -0.39 is 0 Å². The monoisotopic (exact) mass is 383 g/mol. The Morgan fingerprint density at radius 3 is 2.42 bits per heavy atom. The molecule has 8 heteroatoms. The van der Waals surface area contributed by atoms with Crippen molar-refractivity contribution in [3.05, 3.63) is 63.9 Å². The molecule has 0 aliphatic rings. The van der Waals surface area contributed by atoms with E-state index in [9.17, 15) is 0 Å². The lowest BCUT2D eigenvalue weighted by molar-refractivity contribution is 0.250. The van der Waals surface area contributed by atoms with Crippen molar-refractivity contribution >= 4 is 40.5 Å². The number of thiazole rings is 1. The second-order valence-electron chi connectivity index (χ2n) is 5.46. The molecule has 0 aliphatic carbocycles. The van der Waals surface area contributed by atoms with Crippen molar-refractivity contribution in [1.29, 1.82) is 0 Å². The Bertz CT molecular complexity index is 727. The van der Waals surface area contributed by atoms with Crippen LogP contribution in [0.3, 0.4) is 0 Å². The maximum absolute atomic E-state index is 5.97. The van der Waals surface area contributed by atoms with E-state index >= 15 is 0 Å². The predicted octanol–water partition coefficient (Wildman–Crippen LogP) is 3.74. The smallest absolute Gasteiger partial charge is 0.180 e. The summed E-state index contributed by atoms with van der Waals surface area (Å²) in [6.07, 6.45) is 5.78. The molecule has 0 saturated heterocycles. The standard InChI is InChI=1S/C16H18ClN5S.ClH/c1-21-8-13(6-20-21)10-22(11-15-7-19-16(18)23-15)9-12-2-4-14(17)5-3-12;/h2-8H,9-11H2,1H3,(H2,18,19);1H. The van der Waals surface area contributed by atoms with Gasteiger partial charge in [0.25, 0.3) is 0 Å². The molecule has 0 radical (unpaired) electrons. The van der Waals surface area contributed by atoms with E-state index in [2.05, 4.69) is 27.1 Å². The molecule has 2 aromatic heterocycles. The Labute approximate surface area is 156 Å². The Balaban J connectivity index is 0.00000208. The number of nitrogens with zero attached hydrogens (tertiary/aromatic N) is 4. The Morgan fingerprint density at radius 1 is 1.12 bits per heavy atom. The summed E-state index contributed by atoms with van der Waals surface area (Å²) in [5.74, 6) is 0. The van der Waals surface area contributed by atoms with Crippen LogP contribution in [0.1, 0.15) is 16.0 Å². The zero-order chi connectivity index (χ0) is 16.2. The van der Waals surface area contributed by atoms with Crippen molar-refractivity contribution in [3.63, 3.8) is 0 Å². The number of benzene rings is 1. The average Bonchev–Trinajstić information content (AvgIpc) is 3.10. The van der Waals surface area contributed by atoms with E-state index in [1.165, 1.54) is 22.5 Å². The van der Waals surface area contributed by atoms with Crippen LogP contribution in [-0.2, 0) is 26.7 Å². The summed E-state index contributed by atoms with van der Waals surface area (Å²) in [5, 5.41) is 5.60. The van der Waals surface area contributed by atoms with Gasteiger partial charge in [0, 0.05) is 54.5 Å². The summed E-state index contributed by atoms with van der Waals surface area (Å²) in [6, 6.07) is 7.95. The minimum absolute atomic E-state index is 0. The minimum Gasteiger partial charge on any atom is -0.375 e. The molecule has 1 aromatic carbocycles. The van der Waals surface area contributed by atoms with Gasteiger partial charge in [0.05, 0.1) is 6.20 Å². The number of aromatic nitrogens is 3. The molecule has 0 amide bonds. The van der Waals surface area contributed by atoms with Crippen LogP contribution < -0.4 is 5.73 Å². The van der Waals surface area contributed by atoms with Gasteiger partial charge in [-0.3, -0.25) is 9.58 Å². The van der Waals surface area contributed by atoms with Gasteiger partial charge >= 0.3 is 0 Å². The molecule has 0 bridgehead atoms. The molecule has 0 aliphatic heterocycles. The SMILES string of the molecule is Cl.Cn1cc(CN(Cc2ccc(Cl)cc2)Cc2cnc(N)s2)cn1. The van der Waals surface area contributed by atoms with Gasteiger partial charge in [-0.2, -0.15) is 5.10 Å². The lowest BCUT2D eigenvalue weighted by Crippen LogP contribution is -2.21. The van der Waals surface area contributed by atoms with Crippen LogP contribution in [0.5, 0.6) is 0 Å². The quantitative estimate of drug-likeness (QED) is 0.704. The fourth-order valence-electron chi connectivity index (χ4n) is 2.44. The first-order valence-corrected chi connectivity index (χ1v) is 8.42. The second-order valence-corrected chi connectivity index (χ2v) is 7.04. The van der Waals surface area contributed by atoms with Crippen LogP contribution in [0.4, 0.5) is 5.13 Å². The van der Waals surface area contributed by atoms with Gasteiger partial charge in [-0.15, -0.1) is 23.7 Å². The van der Waals surface area contributed by atoms with Gasteiger partial charge in [-0.05, 0) is 17.7 Å². The number of rotatable bonds is 6. The highest BCUT2D eigenvalue weighted by atomic mass is 35.5. The van der Waals surface area contributed by atoms with Crippen molar-refractivity contribution in [1.82, 2.24) is 19.7 Å². The molecular weight excluding hydrogens is 365 g/mol. The molecule has 2 N–H and O–H groups in total. The first-order chi connectivity index (χ1) is 11.1. The highest BCUT2D eigenvalue weighted by Crippen LogP contribution is 2.20. The molecule has 2 heterocycles. The van der Waals surface area contributed by atoms with Crippen LogP contribution in [0.15, 0.2) is 42.9 Å². The number of hydrogen-bond donors (Lipinski definition) is 1. The third kappa shape index (κ3) is 5.21. The Morgan fingerprint density at radius 2 is 1.83 bits per heavy atom. The molecule has 0 fully saturated rings. The van der Waals surface area contributed by atoms with Gasteiger partial charge < -0.3 is 5.73 Å². The maximum Gasteiger partial charge on any atom is 0.180 e. The summed E-state index contributed by atoms with van der Waals surface area (Å²) < 4.78 is 1.82. The first-order valence-electron chi connectivity index (χ1n) is 7.23. The van der Waals surface area contributed by atoms with E-state index in [0.717, 1.165) is 29.5 Å². The summed E-state index contributed by atoms with van der Waals surface area (Å²) >= 11 is 7.50. The van der Waals surface area contributed by atoms with E-state index in [-0.39, 0.29) is 12.4 Å². The van der Waals surface area contributed by atoms with Crippen molar-refractivity contribution in [3.8, 4) is 0 Å². The van der Waals surface area contributed by atoms with Crippen molar-refractivity contribution < 1.29 is 0 Å². The fourth-order valence-corrected chi connectivity index (χ4v) is 3.30. The number of hydrogen-bond acceptors (Lipinski definition) is 5. The van der Waals surface area contributed by atoms with Crippen molar-refractivity contribution in [2.45, 2.75) is 19.6 Å². The van der Waals surface area contributed by atoms with Crippen LogP contribution in [0, 0.1) is 0 Å². The largest absolute Gasteiger partial charge is 0.375 e. The van der Waals surface area contributed by atoms with Crippen molar-refractivity contribution in [2.75, 3.05) is 5.73 Å². The second kappa shape index (κ2) is 8.48. The summed E-state index contributed by atoms with van der Waals surface area (Å²) in [4.78, 5) is 7.63. The van der Waals surface area contributed by atoms with Gasteiger partial charge in [0.15, 0.2) is 5.13 Å². The maximum atomic E-state index is 5.97. The Kier molecular flexibility index (Phi) is 6.62. The molecule has 3 rings (SSSR count). The topological polar surface area (TPSA) is 60.0 Å². The van der Waals surface area contributed by atoms with Crippen LogP contribution in [0.25, 0.3) is 0 Å². The van der Waals surface area contributed by atoms with E-state index in [1.807, 2.05) is 42.5 Å². The van der Waals surface area contributed by atoms with Gasteiger partial charge in [-0.25, -0.2) is 4.98 Å². The number of aryl methyl sites for hydroxylation is 1. The molecule has 0 unspecified atom stereocenters. The van der Waals surface area contributed by atoms with Crippen LogP contribution in [-0.4, -0.2) is 19.7 Å². The molecular formula is C16H19Cl2N5S. The lowest BCUT2D eigenvalue weighted by atomic mass is 10.2. The average molecular weight is 384 g/mol. The predicted molar refractivity (Wildman–Crippen MR) is 101 cm³/mol. The number of halogens is 2.